The topological polar surface area (TPSA) is 41.1 Å². The van der Waals surface area contributed by atoms with Gasteiger partial charge in [-0.3, -0.25) is 4.79 Å². The average molecular weight is 305 g/mol. The first-order chi connectivity index (χ1) is 9.30. The predicted octanol–water partition coefficient (Wildman–Crippen LogP) is 3.22. The second-order valence-electron chi connectivity index (χ2n) is 4.45. The van der Waals surface area contributed by atoms with Gasteiger partial charge in [0.15, 0.2) is 0 Å². The number of alkyl halides is 3. The molecule has 108 valence electrons. The Bertz CT molecular complexity index is 575. The molecule has 0 atom stereocenters. The number of amides is 1. The molecule has 0 unspecified atom stereocenters. The third-order valence-corrected chi connectivity index (χ3v) is 3.42. The van der Waals surface area contributed by atoms with Gasteiger partial charge in [-0.15, -0.1) is 0 Å². The van der Waals surface area contributed by atoms with Crippen LogP contribution in [0.2, 0.25) is 5.02 Å². The molecule has 0 spiro atoms. The number of carbonyl (C=O) groups excluding carboxylic acids is 1. The number of benzene rings is 1. The average Bonchev–Trinajstić information content (AvgIpc) is 2.27. The molecular weight excluding hydrogens is 293 g/mol. The zero-order valence-corrected chi connectivity index (χ0v) is 11.3. The molecule has 0 aromatic heterocycles. The van der Waals surface area contributed by atoms with Crippen LogP contribution in [0.4, 0.5) is 18.9 Å². The first kappa shape index (κ1) is 14.9. The van der Waals surface area contributed by atoms with Crippen molar-refractivity contribution >= 4 is 23.2 Å². The maximum absolute atomic E-state index is 12.9. The molecule has 0 saturated carbocycles. The Morgan fingerprint density at radius 3 is 2.50 bits per heavy atom. The van der Waals surface area contributed by atoms with Crippen molar-refractivity contribution in [1.29, 1.82) is 0 Å². The second kappa shape index (κ2) is 5.46. The van der Waals surface area contributed by atoms with Crippen molar-refractivity contribution < 1.29 is 18.0 Å². The fourth-order valence-corrected chi connectivity index (χ4v) is 1.99. The monoisotopic (exact) mass is 304 g/mol. The molecule has 7 heteroatoms. The van der Waals surface area contributed by atoms with E-state index in [4.69, 9.17) is 11.6 Å². The van der Waals surface area contributed by atoms with Crippen LogP contribution < -0.4 is 10.6 Å². The summed E-state index contributed by atoms with van der Waals surface area (Å²) < 4.78 is 38.7. The molecule has 1 amide bonds. The van der Waals surface area contributed by atoms with Crippen molar-refractivity contribution in [2.45, 2.75) is 13.1 Å². The van der Waals surface area contributed by atoms with Crippen molar-refractivity contribution in [3.8, 4) is 0 Å². The highest BCUT2D eigenvalue weighted by Crippen LogP contribution is 2.38. The molecule has 2 N–H and O–H groups in total. The summed E-state index contributed by atoms with van der Waals surface area (Å²) in [6, 6.07) is 3.39. The molecule has 1 aliphatic heterocycles. The predicted molar refractivity (Wildman–Crippen MR) is 70.7 cm³/mol. The van der Waals surface area contributed by atoms with E-state index in [1.165, 1.54) is 12.1 Å². The zero-order chi connectivity index (χ0) is 14.9. The third-order valence-electron chi connectivity index (χ3n) is 3.11. The normalized spacial score (nSPS) is 14.8. The molecule has 0 bridgehead atoms. The second-order valence-corrected chi connectivity index (χ2v) is 4.85. The van der Waals surface area contributed by atoms with E-state index in [1.807, 2.05) is 0 Å². The number of carbonyl (C=O) groups is 1. The van der Waals surface area contributed by atoms with E-state index in [2.05, 4.69) is 10.6 Å². The van der Waals surface area contributed by atoms with Crippen LogP contribution >= 0.6 is 11.6 Å². The van der Waals surface area contributed by atoms with Gasteiger partial charge >= 0.3 is 6.18 Å². The summed E-state index contributed by atoms with van der Waals surface area (Å²) in [6.45, 7) is 2.73. The molecule has 0 aliphatic carbocycles. The molecule has 1 aliphatic rings. The standard InChI is InChI=1S/C13H12ClF3N2O/c1-7(8-5-18-6-8)12(20)19-11-9(13(15,16)17)3-2-4-10(11)14/h2-4,18H,5-6H2,1H3,(H,19,20). The molecule has 20 heavy (non-hydrogen) atoms. The largest absolute Gasteiger partial charge is 0.418 e. The zero-order valence-electron chi connectivity index (χ0n) is 10.6. The van der Waals surface area contributed by atoms with Crippen molar-refractivity contribution in [1.82, 2.24) is 5.32 Å². The lowest BCUT2D eigenvalue weighted by Gasteiger charge is -2.22. The minimum Gasteiger partial charge on any atom is -0.320 e. The van der Waals surface area contributed by atoms with Crippen LogP contribution in [0.5, 0.6) is 0 Å². The van der Waals surface area contributed by atoms with Gasteiger partial charge in [0.2, 0.25) is 0 Å². The fraction of sp³-hybridized carbons (Fsp3) is 0.308. The summed E-state index contributed by atoms with van der Waals surface area (Å²) in [5.41, 5.74) is -0.0679. The van der Waals surface area contributed by atoms with Crippen molar-refractivity contribution in [3.05, 3.63) is 39.9 Å². The van der Waals surface area contributed by atoms with Gasteiger partial charge in [-0.05, 0) is 24.6 Å². The van der Waals surface area contributed by atoms with E-state index in [0.29, 0.717) is 18.7 Å². The summed E-state index contributed by atoms with van der Waals surface area (Å²) in [5.74, 6) is -0.569. The summed E-state index contributed by atoms with van der Waals surface area (Å²) in [5, 5.41) is 5.08. The molecule has 3 nitrogen and oxygen atoms in total. The molecule has 2 rings (SSSR count). The fourth-order valence-electron chi connectivity index (χ4n) is 1.77. The lowest BCUT2D eigenvalue weighted by molar-refractivity contribution is -0.136. The van der Waals surface area contributed by atoms with E-state index in [1.54, 1.807) is 6.92 Å². The Hall–Kier alpha value is -1.53. The summed E-state index contributed by atoms with van der Waals surface area (Å²) >= 11 is 5.77. The number of hydrogen-bond acceptors (Lipinski definition) is 2. The van der Waals surface area contributed by atoms with Crippen LogP contribution in [0.1, 0.15) is 12.5 Å². The summed E-state index contributed by atoms with van der Waals surface area (Å²) in [4.78, 5) is 12.0. The van der Waals surface area contributed by atoms with Crippen LogP contribution in [0.3, 0.4) is 0 Å². The van der Waals surface area contributed by atoms with Crippen LogP contribution in [-0.2, 0) is 11.0 Å². The highest BCUT2D eigenvalue weighted by atomic mass is 35.5. The molecule has 1 aromatic carbocycles. The summed E-state index contributed by atoms with van der Waals surface area (Å²) in [7, 11) is 0. The van der Waals surface area contributed by atoms with Gasteiger partial charge in [-0.1, -0.05) is 17.7 Å². The molecule has 1 heterocycles. The van der Waals surface area contributed by atoms with Gasteiger partial charge < -0.3 is 10.6 Å². The Morgan fingerprint density at radius 2 is 2.00 bits per heavy atom. The van der Waals surface area contributed by atoms with Gasteiger partial charge in [0.1, 0.15) is 0 Å². The van der Waals surface area contributed by atoms with E-state index >= 15 is 0 Å². The van der Waals surface area contributed by atoms with Crippen LogP contribution in [-0.4, -0.2) is 19.0 Å². The molecular formula is C13H12ClF3N2O. The van der Waals surface area contributed by atoms with Crippen molar-refractivity contribution in [2.75, 3.05) is 18.4 Å². The lowest BCUT2D eigenvalue weighted by Crippen LogP contribution is -2.36. The van der Waals surface area contributed by atoms with Crippen molar-refractivity contribution in [2.24, 2.45) is 0 Å². The van der Waals surface area contributed by atoms with Crippen LogP contribution in [0.15, 0.2) is 29.3 Å². The van der Waals surface area contributed by atoms with Crippen LogP contribution in [0.25, 0.3) is 0 Å². The number of anilines is 1. The first-order valence-corrected chi connectivity index (χ1v) is 6.25. The lowest BCUT2D eigenvalue weighted by atomic mass is 10.0. The van der Waals surface area contributed by atoms with E-state index in [0.717, 1.165) is 11.6 Å². The van der Waals surface area contributed by atoms with Gasteiger partial charge in [0, 0.05) is 18.7 Å². The number of hydrogen-bond donors (Lipinski definition) is 2. The number of rotatable bonds is 2. The van der Waals surface area contributed by atoms with Gasteiger partial charge in [0.05, 0.1) is 16.3 Å². The van der Waals surface area contributed by atoms with Crippen molar-refractivity contribution in [3.63, 3.8) is 0 Å². The number of halogens is 4. The Balaban J connectivity index is 2.32. The Kier molecular flexibility index (Phi) is 4.06. The molecule has 1 saturated heterocycles. The Labute approximate surface area is 118 Å². The highest BCUT2D eigenvalue weighted by Gasteiger charge is 2.35. The maximum Gasteiger partial charge on any atom is 0.418 e. The first-order valence-electron chi connectivity index (χ1n) is 5.87. The van der Waals surface area contributed by atoms with Crippen LogP contribution in [0, 0.1) is 0 Å². The number of para-hydroxylation sites is 1. The van der Waals surface area contributed by atoms with E-state index in [-0.39, 0.29) is 5.02 Å². The van der Waals surface area contributed by atoms with Gasteiger partial charge in [0.25, 0.3) is 5.91 Å². The minimum atomic E-state index is -4.58. The van der Waals surface area contributed by atoms with Gasteiger partial charge in [-0.25, -0.2) is 0 Å². The summed E-state index contributed by atoms with van der Waals surface area (Å²) in [6.07, 6.45) is -4.58. The highest BCUT2D eigenvalue weighted by molar-refractivity contribution is 6.34. The molecule has 1 aromatic rings. The maximum atomic E-state index is 12.9. The molecule has 1 fully saturated rings. The van der Waals surface area contributed by atoms with Gasteiger partial charge in [-0.2, -0.15) is 13.2 Å². The minimum absolute atomic E-state index is 0.141. The van der Waals surface area contributed by atoms with E-state index < -0.39 is 23.3 Å². The van der Waals surface area contributed by atoms with E-state index in [9.17, 15) is 18.0 Å². The SMILES string of the molecule is CC(C(=O)Nc1c(Cl)cccc1C(F)(F)F)=C1CNC1. The quantitative estimate of drug-likeness (QED) is 0.824. The Morgan fingerprint density at radius 1 is 1.35 bits per heavy atom. The smallest absolute Gasteiger partial charge is 0.320 e. The number of nitrogens with one attached hydrogen (secondary N) is 2. The third kappa shape index (κ3) is 2.96. The molecule has 0 radical (unpaired) electrons.